The van der Waals surface area contributed by atoms with Gasteiger partial charge in [-0.2, -0.15) is 0 Å². The number of carbonyl (C=O) groups is 1. The largest absolute Gasteiger partial charge is 0.387 e. The lowest BCUT2D eigenvalue weighted by molar-refractivity contribution is 0.0942. The van der Waals surface area contributed by atoms with Gasteiger partial charge in [0, 0.05) is 26.2 Å². The van der Waals surface area contributed by atoms with E-state index in [1.54, 1.807) is 12.3 Å². The summed E-state index contributed by atoms with van der Waals surface area (Å²) in [6, 6.07) is 4.29. The summed E-state index contributed by atoms with van der Waals surface area (Å²) in [4.78, 5) is 18.4. The first kappa shape index (κ1) is 14.8. The average Bonchev–Trinajstić information content (AvgIpc) is 3.01. The van der Waals surface area contributed by atoms with E-state index < -0.39 is 0 Å². The average molecular weight is 276 g/mol. The second kappa shape index (κ2) is 7.24. The number of carbonyl (C=O) groups excluding carboxylic acids is 1. The summed E-state index contributed by atoms with van der Waals surface area (Å²) in [5.74, 6) is -0.104. The lowest BCUT2D eigenvalue weighted by atomic mass is 10.2. The molecular formula is C15H24N4O. The summed E-state index contributed by atoms with van der Waals surface area (Å²) in [6.45, 7) is 1.56. The summed E-state index contributed by atoms with van der Waals surface area (Å²) in [5, 5.41) is 5.91. The quantitative estimate of drug-likeness (QED) is 0.831. The Morgan fingerprint density at radius 3 is 2.75 bits per heavy atom. The van der Waals surface area contributed by atoms with Crippen LogP contribution in [-0.4, -0.2) is 49.0 Å². The maximum atomic E-state index is 11.9. The molecule has 0 saturated heterocycles. The number of rotatable bonds is 6. The lowest BCUT2D eigenvalue weighted by Gasteiger charge is -2.23. The van der Waals surface area contributed by atoms with Crippen molar-refractivity contribution in [2.24, 2.45) is 0 Å². The Morgan fingerprint density at radius 2 is 2.15 bits per heavy atom. The Balaban J connectivity index is 1.73. The molecule has 1 aromatic rings. The highest BCUT2D eigenvalue weighted by atomic mass is 16.1. The van der Waals surface area contributed by atoms with Gasteiger partial charge in [0.2, 0.25) is 0 Å². The van der Waals surface area contributed by atoms with Crippen LogP contribution in [0.25, 0.3) is 0 Å². The summed E-state index contributed by atoms with van der Waals surface area (Å²) >= 11 is 0. The number of hydrogen-bond acceptors (Lipinski definition) is 4. The highest BCUT2D eigenvalue weighted by Crippen LogP contribution is 2.21. The van der Waals surface area contributed by atoms with E-state index in [0.29, 0.717) is 18.3 Å². The molecule has 1 aromatic heterocycles. The van der Waals surface area contributed by atoms with Crippen LogP contribution in [-0.2, 0) is 0 Å². The van der Waals surface area contributed by atoms with E-state index in [0.717, 1.165) is 12.2 Å². The first-order valence-corrected chi connectivity index (χ1v) is 7.33. The zero-order valence-corrected chi connectivity index (χ0v) is 12.4. The van der Waals surface area contributed by atoms with Gasteiger partial charge in [-0.15, -0.1) is 0 Å². The van der Waals surface area contributed by atoms with Crippen molar-refractivity contribution in [2.45, 2.75) is 31.7 Å². The van der Waals surface area contributed by atoms with Crippen LogP contribution in [0.2, 0.25) is 0 Å². The van der Waals surface area contributed by atoms with Crippen molar-refractivity contribution in [2.75, 3.05) is 32.5 Å². The molecule has 1 fully saturated rings. The Labute approximate surface area is 120 Å². The standard InChI is InChI=1S/C15H24N4O/c1-16-12-7-8-14(18-11-12)15(20)17-9-10-19(2)13-5-3-4-6-13/h7-8,11,13,16H,3-6,9-10H2,1-2H3,(H,17,20). The molecular weight excluding hydrogens is 252 g/mol. The van der Waals surface area contributed by atoms with Gasteiger partial charge in [0.15, 0.2) is 0 Å². The molecule has 20 heavy (non-hydrogen) atoms. The predicted molar refractivity (Wildman–Crippen MR) is 81.0 cm³/mol. The number of nitrogens with one attached hydrogen (secondary N) is 2. The van der Waals surface area contributed by atoms with Crippen molar-refractivity contribution in [3.8, 4) is 0 Å². The number of likely N-dealkylation sites (N-methyl/N-ethyl adjacent to an activating group) is 1. The fraction of sp³-hybridized carbons (Fsp3) is 0.600. The van der Waals surface area contributed by atoms with Crippen molar-refractivity contribution in [1.29, 1.82) is 0 Å². The van der Waals surface area contributed by atoms with Crippen LogP contribution in [0.5, 0.6) is 0 Å². The fourth-order valence-electron chi connectivity index (χ4n) is 2.64. The van der Waals surface area contributed by atoms with Crippen molar-refractivity contribution >= 4 is 11.6 Å². The third-order valence-corrected chi connectivity index (χ3v) is 3.98. The van der Waals surface area contributed by atoms with Crippen LogP contribution in [0.1, 0.15) is 36.2 Å². The first-order chi connectivity index (χ1) is 9.70. The maximum absolute atomic E-state index is 11.9. The Hall–Kier alpha value is -1.62. The number of aromatic nitrogens is 1. The zero-order valence-electron chi connectivity index (χ0n) is 12.4. The summed E-state index contributed by atoms with van der Waals surface area (Å²) in [5.41, 5.74) is 1.37. The van der Waals surface area contributed by atoms with Crippen molar-refractivity contribution in [3.05, 3.63) is 24.0 Å². The van der Waals surface area contributed by atoms with Gasteiger partial charge in [0.1, 0.15) is 5.69 Å². The van der Waals surface area contributed by atoms with Crippen molar-refractivity contribution < 1.29 is 4.79 Å². The molecule has 1 heterocycles. The second-order valence-corrected chi connectivity index (χ2v) is 5.36. The van der Waals surface area contributed by atoms with Gasteiger partial charge in [-0.3, -0.25) is 4.79 Å². The molecule has 2 rings (SSSR count). The van der Waals surface area contributed by atoms with Gasteiger partial charge < -0.3 is 15.5 Å². The van der Waals surface area contributed by atoms with E-state index >= 15 is 0 Å². The number of pyridine rings is 1. The van der Waals surface area contributed by atoms with Gasteiger partial charge in [0.25, 0.3) is 5.91 Å². The molecule has 0 atom stereocenters. The Morgan fingerprint density at radius 1 is 1.40 bits per heavy atom. The molecule has 1 aliphatic rings. The van der Waals surface area contributed by atoms with Gasteiger partial charge in [-0.25, -0.2) is 4.98 Å². The number of anilines is 1. The molecule has 2 N–H and O–H groups in total. The molecule has 1 aliphatic carbocycles. The molecule has 0 bridgehead atoms. The minimum atomic E-state index is -0.104. The van der Waals surface area contributed by atoms with Crippen LogP contribution in [0.3, 0.4) is 0 Å². The highest BCUT2D eigenvalue weighted by Gasteiger charge is 2.19. The zero-order chi connectivity index (χ0) is 14.4. The Bertz CT molecular complexity index is 426. The van der Waals surface area contributed by atoms with E-state index in [9.17, 15) is 4.79 Å². The van der Waals surface area contributed by atoms with Crippen molar-refractivity contribution in [3.63, 3.8) is 0 Å². The third-order valence-electron chi connectivity index (χ3n) is 3.98. The van der Waals surface area contributed by atoms with E-state index in [1.807, 2.05) is 13.1 Å². The molecule has 0 radical (unpaired) electrons. The first-order valence-electron chi connectivity index (χ1n) is 7.33. The molecule has 5 nitrogen and oxygen atoms in total. The summed E-state index contributed by atoms with van der Waals surface area (Å²) < 4.78 is 0. The molecule has 5 heteroatoms. The van der Waals surface area contributed by atoms with Crippen LogP contribution < -0.4 is 10.6 Å². The predicted octanol–water partition coefficient (Wildman–Crippen LogP) is 1.73. The van der Waals surface area contributed by atoms with Crippen LogP contribution in [0, 0.1) is 0 Å². The SMILES string of the molecule is CNc1ccc(C(=O)NCCN(C)C2CCCC2)nc1. The Kier molecular flexibility index (Phi) is 5.35. The van der Waals surface area contributed by atoms with E-state index in [2.05, 4.69) is 27.6 Å². The number of hydrogen-bond donors (Lipinski definition) is 2. The molecule has 0 unspecified atom stereocenters. The fourth-order valence-corrected chi connectivity index (χ4v) is 2.64. The van der Waals surface area contributed by atoms with Crippen LogP contribution in [0.4, 0.5) is 5.69 Å². The summed E-state index contributed by atoms with van der Waals surface area (Å²) in [6.07, 6.45) is 6.92. The van der Waals surface area contributed by atoms with Crippen molar-refractivity contribution in [1.82, 2.24) is 15.2 Å². The molecule has 1 amide bonds. The normalized spacial score (nSPS) is 15.6. The minimum Gasteiger partial charge on any atom is -0.387 e. The third kappa shape index (κ3) is 3.93. The van der Waals surface area contributed by atoms with Gasteiger partial charge in [-0.05, 0) is 32.0 Å². The van der Waals surface area contributed by atoms with E-state index in [-0.39, 0.29) is 5.91 Å². The topological polar surface area (TPSA) is 57.3 Å². The maximum Gasteiger partial charge on any atom is 0.269 e. The molecule has 0 aromatic carbocycles. The highest BCUT2D eigenvalue weighted by molar-refractivity contribution is 5.92. The van der Waals surface area contributed by atoms with Gasteiger partial charge in [0.05, 0.1) is 11.9 Å². The molecule has 110 valence electrons. The smallest absolute Gasteiger partial charge is 0.269 e. The monoisotopic (exact) mass is 276 g/mol. The van der Waals surface area contributed by atoms with Gasteiger partial charge >= 0.3 is 0 Å². The minimum absolute atomic E-state index is 0.104. The number of amides is 1. The van der Waals surface area contributed by atoms with Gasteiger partial charge in [-0.1, -0.05) is 12.8 Å². The lowest BCUT2D eigenvalue weighted by Crippen LogP contribution is -2.37. The van der Waals surface area contributed by atoms with Crippen LogP contribution >= 0.6 is 0 Å². The van der Waals surface area contributed by atoms with Crippen LogP contribution in [0.15, 0.2) is 18.3 Å². The molecule has 0 aliphatic heterocycles. The van der Waals surface area contributed by atoms with E-state index in [1.165, 1.54) is 25.7 Å². The second-order valence-electron chi connectivity index (χ2n) is 5.36. The van der Waals surface area contributed by atoms with E-state index in [4.69, 9.17) is 0 Å². The number of nitrogens with zero attached hydrogens (tertiary/aromatic N) is 2. The molecule has 1 saturated carbocycles. The molecule has 0 spiro atoms. The summed E-state index contributed by atoms with van der Waals surface area (Å²) in [7, 11) is 3.97.